The van der Waals surface area contributed by atoms with Gasteiger partial charge in [-0.25, -0.2) is 0 Å². The van der Waals surface area contributed by atoms with Crippen LogP contribution < -0.4 is 5.73 Å². The standard InChI is InChI=1S/C19H30N2/c1-15-11-12-21(14-18(15)13-20)19-9-7-17(8-10-19)16-5-3-2-4-6-16/h2-6,15,17-19H,7-14,20H2,1H3. The molecule has 0 spiro atoms. The van der Waals surface area contributed by atoms with Crippen LogP contribution >= 0.6 is 0 Å². The Kier molecular flexibility index (Phi) is 4.97. The number of hydrogen-bond donors (Lipinski definition) is 1. The molecule has 0 radical (unpaired) electrons. The summed E-state index contributed by atoms with van der Waals surface area (Å²) in [6.07, 6.45) is 6.78. The van der Waals surface area contributed by atoms with Crippen molar-refractivity contribution >= 4 is 0 Å². The summed E-state index contributed by atoms with van der Waals surface area (Å²) in [5.74, 6) is 2.31. The molecule has 0 amide bonds. The number of piperidine rings is 1. The lowest BCUT2D eigenvalue weighted by Gasteiger charge is -2.43. The van der Waals surface area contributed by atoms with E-state index in [4.69, 9.17) is 5.73 Å². The van der Waals surface area contributed by atoms with Crippen LogP contribution in [0, 0.1) is 11.8 Å². The maximum atomic E-state index is 5.96. The van der Waals surface area contributed by atoms with Crippen LogP contribution in [0.1, 0.15) is 50.5 Å². The first-order chi connectivity index (χ1) is 10.3. The molecule has 0 aromatic heterocycles. The van der Waals surface area contributed by atoms with Crippen molar-refractivity contribution in [3.05, 3.63) is 35.9 Å². The van der Waals surface area contributed by atoms with Crippen molar-refractivity contribution in [3.8, 4) is 0 Å². The zero-order valence-corrected chi connectivity index (χ0v) is 13.4. The molecule has 1 aromatic rings. The molecule has 116 valence electrons. The maximum absolute atomic E-state index is 5.96. The summed E-state index contributed by atoms with van der Waals surface area (Å²) in [6.45, 7) is 5.76. The van der Waals surface area contributed by atoms with Gasteiger partial charge < -0.3 is 10.6 Å². The zero-order valence-electron chi connectivity index (χ0n) is 13.4. The Bertz CT molecular complexity index is 422. The molecule has 2 nitrogen and oxygen atoms in total. The highest BCUT2D eigenvalue weighted by Crippen LogP contribution is 2.36. The Balaban J connectivity index is 1.54. The number of nitrogens with two attached hydrogens (primary N) is 1. The molecule has 2 fully saturated rings. The maximum Gasteiger partial charge on any atom is 0.00958 e. The number of likely N-dealkylation sites (tertiary alicyclic amines) is 1. The van der Waals surface area contributed by atoms with E-state index in [1.165, 1.54) is 45.2 Å². The van der Waals surface area contributed by atoms with Gasteiger partial charge in [0.1, 0.15) is 0 Å². The highest BCUT2D eigenvalue weighted by Gasteiger charge is 2.32. The van der Waals surface area contributed by atoms with E-state index in [0.29, 0.717) is 5.92 Å². The van der Waals surface area contributed by atoms with Crippen LogP contribution in [0.2, 0.25) is 0 Å². The molecule has 3 rings (SSSR count). The van der Waals surface area contributed by atoms with Crippen LogP contribution in [0.5, 0.6) is 0 Å². The third-order valence-electron chi connectivity index (χ3n) is 5.93. The molecule has 1 heterocycles. The fraction of sp³-hybridized carbons (Fsp3) is 0.684. The Morgan fingerprint density at radius 2 is 1.76 bits per heavy atom. The largest absolute Gasteiger partial charge is 0.330 e. The normalized spacial score (nSPS) is 34.8. The van der Waals surface area contributed by atoms with Gasteiger partial charge in [-0.3, -0.25) is 0 Å². The summed E-state index contributed by atoms with van der Waals surface area (Å²) >= 11 is 0. The minimum Gasteiger partial charge on any atom is -0.330 e. The van der Waals surface area contributed by atoms with Crippen LogP contribution in [0.4, 0.5) is 0 Å². The van der Waals surface area contributed by atoms with Gasteiger partial charge >= 0.3 is 0 Å². The lowest BCUT2D eigenvalue weighted by atomic mass is 9.79. The van der Waals surface area contributed by atoms with Crippen molar-refractivity contribution in [1.82, 2.24) is 4.90 Å². The van der Waals surface area contributed by atoms with E-state index in [9.17, 15) is 0 Å². The first kappa shape index (κ1) is 15.1. The molecule has 0 bridgehead atoms. The minimum atomic E-state index is 0.714. The monoisotopic (exact) mass is 286 g/mol. The van der Waals surface area contributed by atoms with E-state index < -0.39 is 0 Å². The summed E-state index contributed by atoms with van der Waals surface area (Å²) in [4.78, 5) is 2.75. The quantitative estimate of drug-likeness (QED) is 0.919. The van der Waals surface area contributed by atoms with Gasteiger partial charge in [0.25, 0.3) is 0 Å². The van der Waals surface area contributed by atoms with Gasteiger partial charge in [0.15, 0.2) is 0 Å². The topological polar surface area (TPSA) is 29.3 Å². The van der Waals surface area contributed by atoms with E-state index in [1.807, 2.05) is 0 Å². The Labute approximate surface area is 129 Å². The summed E-state index contributed by atoms with van der Waals surface area (Å²) < 4.78 is 0. The second-order valence-corrected chi connectivity index (χ2v) is 7.17. The van der Waals surface area contributed by atoms with Gasteiger partial charge in [0.2, 0.25) is 0 Å². The van der Waals surface area contributed by atoms with Crippen molar-refractivity contribution in [3.63, 3.8) is 0 Å². The molecule has 2 aliphatic rings. The minimum absolute atomic E-state index is 0.714. The lowest BCUT2D eigenvalue weighted by molar-refractivity contribution is 0.0699. The fourth-order valence-electron chi connectivity index (χ4n) is 4.32. The predicted molar refractivity (Wildman–Crippen MR) is 89.3 cm³/mol. The predicted octanol–water partition coefficient (Wildman–Crippen LogP) is 3.63. The molecular weight excluding hydrogens is 256 g/mol. The van der Waals surface area contributed by atoms with Gasteiger partial charge in [-0.15, -0.1) is 0 Å². The average molecular weight is 286 g/mol. The Morgan fingerprint density at radius 3 is 2.43 bits per heavy atom. The number of hydrogen-bond acceptors (Lipinski definition) is 2. The smallest absolute Gasteiger partial charge is 0.00958 e. The summed E-state index contributed by atoms with van der Waals surface area (Å²) in [7, 11) is 0. The highest BCUT2D eigenvalue weighted by molar-refractivity contribution is 5.20. The third-order valence-corrected chi connectivity index (χ3v) is 5.93. The molecule has 2 heteroatoms. The zero-order chi connectivity index (χ0) is 14.7. The van der Waals surface area contributed by atoms with Gasteiger partial charge in [-0.05, 0) is 68.5 Å². The molecule has 1 aromatic carbocycles. The van der Waals surface area contributed by atoms with Crippen molar-refractivity contribution in [1.29, 1.82) is 0 Å². The molecular formula is C19H30N2. The van der Waals surface area contributed by atoms with E-state index in [2.05, 4.69) is 42.2 Å². The van der Waals surface area contributed by atoms with Gasteiger partial charge in [0.05, 0.1) is 0 Å². The second-order valence-electron chi connectivity index (χ2n) is 7.17. The molecule has 1 saturated heterocycles. The van der Waals surface area contributed by atoms with Crippen molar-refractivity contribution in [2.75, 3.05) is 19.6 Å². The molecule has 1 saturated carbocycles. The van der Waals surface area contributed by atoms with Gasteiger partial charge in [-0.2, -0.15) is 0 Å². The van der Waals surface area contributed by atoms with E-state index >= 15 is 0 Å². The number of nitrogens with zero attached hydrogens (tertiary/aromatic N) is 1. The first-order valence-corrected chi connectivity index (χ1v) is 8.77. The van der Waals surface area contributed by atoms with Crippen LogP contribution in [-0.4, -0.2) is 30.6 Å². The summed E-state index contributed by atoms with van der Waals surface area (Å²) in [6, 6.07) is 11.9. The SMILES string of the molecule is CC1CCN(C2CCC(c3ccccc3)CC2)CC1CN. The average Bonchev–Trinajstić information content (AvgIpc) is 2.56. The molecule has 2 N–H and O–H groups in total. The van der Waals surface area contributed by atoms with Crippen molar-refractivity contribution in [2.24, 2.45) is 17.6 Å². The van der Waals surface area contributed by atoms with Crippen LogP contribution in [0.15, 0.2) is 30.3 Å². The van der Waals surface area contributed by atoms with E-state index in [0.717, 1.165) is 24.4 Å². The van der Waals surface area contributed by atoms with E-state index in [-0.39, 0.29) is 0 Å². The van der Waals surface area contributed by atoms with Crippen molar-refractivity contribution < 1.29 is 0 Å². The fourth-order valence-corrected chi connectivity index (χ4v) is 4.32. The Hall–Kier alpha value is -0.860. The van der Waals surface area contributed by atoms with Crippen molar-refractivity contribution in [2.45, 2.75) is 51.0 Å². The highest BCUT2D eigenvalue weighted by atomic mass is 15.2. The summed E-state index contributed by atoms with van der Waals surface area (Å²) in [5.41, 5.74) is 7.50. The first-order valence-electron chi connectivity index (χ1n) is 8.77. The molecule has 2 unspecified atom stereocenters. The molecule has 21 heavy (non-hydrogen) atoms. The number of rotatable bonds is 3. The van der Waals surface area contributed by atoms with Crippen LogP contribution in [-0.2, 0) is 0 Å². The third kappa shape index (κ3) is 3.49. The van der Waals surface area contributed by atoms with E-state index in [1.54, 1.807) is 5.56 Å². The van der Waals surface area contributed by atoms with Crippen LogP contribution in [0.25, 0.3) is 0 Å². The summed E-state index contributed by atoms with van der Waals surface area (Å²) in [5, 5.41) is 0. The molecule has 1 aliphatic carbocycles. The molecule has 2 atom stereocenters. The Morgan fingerprint density at radius 1 is 1.05 bits per heavy atom. The number of benzene rings is 1. The van der Waals surface area contributed by atoms with Gasteiger partial charge in [-0.1, -0.05) is 37.3 Å². The van der Waals surface area contributed by atoms with Gasteiger partial charge in [0, 0.05) is 12.6 Å². The van der Waals surface area contributed by atoms with Crippen LogP contribution in [0.3, 0.4) is 0 Å². The molecule has 1 aliphatic heterocycles. The lowest BCUT2D eigenvalue weighted by Crippen LogP contribution is -2.48. The second kappa shape index (κ2) is 6.93.